The van der Waals surface area contributed by atoms with Crippen LogP contribution in [0.2, 0.25) is 0 Å². The number of hydrazine groups is 1. The van der Waals surface area contributed by atoms with Crippen LogP contribution in [0.1, 0.15) is 50.1 Å². The number of rotatable bonds is 5. The summed E-state index contributed by atoms with van der Waals surface area (Å²) in [5.41, 5.74) is 3.78. The molecule has 2 aromatic heterocycles. The lowest BCUT2D eigenvalue weighted by Crippen LogP contribution is -2.31. The Kier molecular flexibility index (Phi) is 4.44. The van der Waals surface area contributed by atoms with Gasteiger partial charge in [0.1, 0.15) is 17.6 Å². The molecule has 104 valence electrons. The highest BCUT2D eigenvalue weighted by Gasteiger charge is 2.24. The van der Waals surface area contributed by atoms with Crippen molar-refractivity contribution in [2.45, 2.75) is 39.3 Å². The van der Waals surface area contributed by atoms with Gasteiger partial charge in [-0.25, -0.2) is 5.43 Å². The van der Waals surface area contributed by atoms with Crippen molar-refractivity contribution >= 4 is 15.9 Å². The van der Waals surface area contributed by atoms with Crippen molar-refractivity contribution in [1.29, 1.82) is 0 Å². The van der Waals surface area contributed by atoms with E-state index in [1.165, 1.54) is 0 Å². The maximum Gasteiger partial charge on any atom is 0.128 e. The van der Waals surface area contributed by atoms with Crippen molar-refractivity contribution in [3.05, 3.63) is 40.0 Å². The molecule has 6 heteroatoms. The molecule has 2 aromatic rings. The minimum Gasteiger partial charge on any atom is -0.464 e. The fourth-order valence-corrected chi connectivity index (χ4v) is 2.57. The standard InChI is InChI=1S/C13H19BrN4O/c1-4-9-5-6-11(19-9)12(17-15)13-10(14)7-16-18(13)8(2)3/h5-8,12,17H,4,15H2,1-3H3. The van der Waals surface area contributed by atoms with Crippen LogP contribution in [0.25, 0.3) is 0 Å². The van der Waals surface area contributed by atoms with Crippen LogP contribution in [0.5, 0.6) is 0 Å². The summed E-state index contributed by atoms with van der Waals surface area (Å²) in [6, 6.07) is 3.95. The fraction of sp³-hybridized carbons (Fsp3) is 0.462. The lowest BCUT2D eigenvalue weighted by atomic mass is 10.1. The first kappa shape index (κ1) is 14.3. The van der Waals surface area contributed by atoms with Crippen molar-refractivity contribution in [2.75, 3.05) is 0 Å². The third-order valence-electron chi connectivity index (χ3n) is 3.03. The molecule has 0 spiro atoms. The zero-order valence-electron chi connectivity index (χ0n) is 11.4. The first-order chi connectivity index (χ1) is 9.08. The highest BCUT2D eigenvalue weighted by atomic mass is 79.9. The Hall–Kier alpha value is -1.11. The zero-order chi connectivity index (χ0) is 14.0. The van der Waals surface area contributed by atoms with Crippen LogP contribution in [0, 0.1) is 0 Å². The molecule has 0 saturated heterocycles. The molecule has 19 heavy (non-hydrogen) atoms. The molecule has 0 saturated carbocycles. The van der Waals surface area contributed by atoms with Gasteiger partial charge in [0.2, 0.25) is 0 Å². The van der Waals surface area contributed by atoms with Gasteiger partial charge in [-0.3, -0.25) is 10.5 Å². The Balaban J connectivity index is 2.44. The smallest absolute Gasteiger partial charge is 0.128 e. The monoisotopic (exact) mass is 326 g/mol. The van der Waals surface area contributed by atoms with Gasteiger partial charge in [0.15, 0.2) is 0 Å². The van der Waals surface area contributed by atoms with Crippen LogP contribution >= 0.6 is 15.9 Å². The van der Waals surface area contributed by atoms with Crippen LogP contribution < -0.4 is 11.3 Å². The number of furan rings is 1. The van der Waals surface area contributed by atoms with Crippen molar-refractivity contribution in [2.24, 2.45) is 5.84 Å². The number of hydrogen-bond donors (Lipinski definition) is 2. The lowest BCUT2D eigenvalue weighted by molar-refractivity contribution is 0.399. The number of nitrogens with two attached hydrogens (primary N) is 1. The summed E-state index contributed by atoms with van der Waals surface area (Å²) >= 11 is 3.53. The van der Waals surface area contributed by atoms with E-state index in [4.69, 9.17) is 10.3 Å². The molecule has 0 aliphatic heterocycles. The van der Waals surface area contributed by atoms with Crippen molar-refractivity contribution in [1.82, 2.24) is 15.2 Å². The molecule has 1 unspecified atom stereocenters. The molecule has 5 nitrogen and oxygen atoms in total. The first-order valence-electron chi connectivity index (χ1n) is 6.36. The molecular weight excluding hydrogens is 308 g/mol. The Morgan fingerprint density at radius 2 is 2.21 bits per heavy atom. The second-order valence-electron chi connectivity index (χ2n) is 4.67. The topological polar surface area (TPSA) is 69.0 Å². The van der Waals surface area contributed by atoms with Crippen LogP contribution in [-0.4, -0.2) is 9.78 Å². The van der Waals surface area contributed by atoms with Crippen LogP contribution in [-0.2, 0) is 6.42 Å². The minimum absolute atomic E-state index is 0.223. The van der Waals surface area contributed by atoms with E-state index in [-0.39, 0.29) is 12.1 Å². The van der Waals surface area contributed by atoms with Crippen molar-refractivity contribution in [3.63, 3.8) is 0 Å². The molecule has 2 heterocycles. The SMILES string of the molecule is CCc1ccc(C(NN)c2c(Br)cnn2C(C)C)o1. The number of halogens is 1. The van der Waals surface area contributed by atoms with Gasteiger partial charge in [-0.05, 0) is 41.9 Å². The largest absolute Gasteiger partial charge is 0.464 e. The van der Waals surface area contributed by atoms with E-state index < -0.39 is 0 Å². The Morgan fingerprint density at radius 1 is 1.47 bits per heavy atom. The molecular formula is C13H19BrN4O. The van der Waals surface area contributed by atoms with Crippen LogP contribution in [0.15, 0.2) is 27.2 Å². The third kappa shape index (κ3) is 2.75. The predicted molar refractivity (Wildman–Crippen MR) is 77.6 cm³/mol. The zero-order valence-corrected chi connectivity index (χ0v) is 12.9. The van der Waals surface area contributed by atoms with Crippen LogP contribution in [0.4, 0.5) is 0 Å². The first-order valence-corrected chi connectivity index (χ1v) is 7.15. The van der Waals surface area contributed by atoms with E-state index in [0.29, 0.717) is 0 Å². The second kappa shape index (κ2) is 5.90. The number of hydrogen-bond acceptors (Lipinski definition) is 4. The molecule has 1 atom stereocenters. The molecule has 0 bridgehead atoms. The number of nitrogens with zero attached hydrogens (tertiary/aromatic N) is 2. The average molecular weight is 327 g/mol. The van der Waals surface area contributed by atoms with Gasteiger partial charge in [-0.1, -0.05) is 6.92 Å². The summed E-state index contributed by atoms with van der Waals surface area (Å²) in [5.74, 6) is 7.45. The summed E-state index contributed by atoms with van der Waals surface area (Å²) < 4.78 is 8.64. The number of aromatic nitrogens is 2. The van der Waals surface area contributed by atoms with E-state index in [1.54, 1.807) is 6.20 Å². The van der Waals surface area contributed by atoms with Crippen molar-refractivity contribution in [3.8, 4) is 0 Å². The third-order valence-corrected chi connectivity index (χ3v) is 3.64. The summed E-state index contributed by atoms with van der Waals surface area (Å²) in [6.45, 7) is 6.22. The highest BCUT2D eigenvalue weighted by molar-refractivity contribution is 9.10. The average Bonchev–Trinajstić information content (AvgIpc) is 2.99. The number of nitrogens with one attached hydrogen (secondary N) is 1. The van der Waals surface area contributed by atoms with Gasteiger partial charge < -0.3 is 4.42 Å². The van der Waals surface area contributed by atoms with E-state index in [2.05, 4.69) is 47.2 Å². The fourth-order valence-electron chi connectivity index (χ4n) is 2.07. The molecule has 0 amide bonds. The van der Waals surface area contributed by atoms with Crippen molar-refractivity contribution < 1.29 is 4.42 Å². The highest BCUT2D eigenvalue weighted by Crippen LogP contribution is 2.30. The van der Waals surface area contributed by atoms with E-state index in [9.17, 15) is 0 Å². The van der Waals surface area contributed by atoms with Gasteiger partial charge in [0, 0.05) is 12.5 Å². The van der Waals surface area contributed by atoms with Gasteiger partial charge in [-0.2, -0.15) is 5.10 Å². The van der Waals surface area contributed by atoms with E-state index in [1.807, 2.05) is 16.8 Å². The maximum absolute atomic E-state index is 5.79. The van der Waals surface area contributed by atoms with Gasteiger partial charge >= 0.3 is 0 Å². The second-order valence-corrected chi connectivity index (χ2v) is 5.53. The molecule has 0 aliphatic rings. The van der Waals surface area contributed by atoms with Crippen LogP contribution in [0.3, 0.4) is 0 Å². The maximum atomic E-state index is 5.79. The predicted octanol–water partition coefficient (Wildman–Crippen LogP) is 2.93. The Morgan fingerprint density at radius 3 is 2.74 bits per heavy atom. The minimum atomic E-state index is -0.223. The summed E-state index contributed by atoms with van der Waals surface area (Å²) in [4.78, 5) is 0. The summed E-state index contributed by atoms with van der Waals surface area (Å²) in [6.07, 6.45) is 2.64. The quantitative estimate of drug-likeness (QED) is 0.654. The Labute approximate surface area is 121 Å². The molecule has 0 radical (unpaired) electrons. The lowest BCUT2D eigenvalue weighted by Gasteiger charge is -2.18. The van der Waals surface area contributed by atoms with Gasteiger partial charge in [0.25, 0.3) is 0 Å². The number of aryl methyl sites for hydroxylation is 1. The normalized spacial score (nSPS) is 13.2. The van der Waals surface area contributed by atoms with Gasteiger partial charge in [0.05, 0.1) is 16.4 Å². The molecule has 3 N–H and O–H groups in total. The molecule has 0 aromatic carbocycles. The summed E-state index contributed by atoms with van der Waals surface area (Å²) in [5, 5.41) is 4.37. The molecule has 2 rings (SSSR count). The molecule has 0 fully saturated rings. The summed E-state index contributed by atoms with van der Waals surface area (Å²) in [7, 11) is 0. The van der Waals surface area contributed by atoms with E-state index >= 15 is 0 Å². The Bertz CT molecular complexity index is 547. The van der Waals surface area contributed by atoms with E-state index in [0.717, 1.165) is 28.1 Å². The molecule has 0 aliphatic carbocycles. The van der Waals surface area contributed by atoms with Gasteiger partial charge in [-0.15, -0.1) is 0 Å².